The van der Waals surface area contributed by atoms with Crippen LogP contribution in [0.2, 0.25) is 0 Å². The van der Waals surface area contributed by atoms with Crippen molar-refractivity contribution < 1.29 is 19.1 Å². The lowest BCUT2D eigenvalue weighted by Gasteiger charge is -2.37. The van der Waals surface area contributed by atoms with Gasteiger partial charge in [-0.15, -0.1) is 0 Å². The van der Waals surface area contributed by atoms with Crippen molar-refractivity contribution in [3.05, 3.63) is 42.4 Å². The number of likely N-dealkylation sites (tertiary alicyclic amines) is 1. The van der Waals surface area contributed by atoms with Crippen molar-refractivity contribution in [2.75, 3.05) is 6.54 Å². The van der Waals surface area contributed by atoms with Gasteiger partial charge in [0.15, 0.2) is 11.7 Å². The van der Waals surface area contributed by atoms with Crippen molar-refractivity contribution in [1.82, 2.24) is 9.88 Å². The zero-order chi connectivity index (χ0) is 17.8. The molecule has 0 spiro atoms. The van der Waals surface area contributed by atoms with Crippen molar-refractivity contribution in [1.29, 1.82) is 0 Å². The van der Waals surface area contributed by atoms with Gasteiger partial charge >= 0.3 is 5.97 Å². The van der Waals surface area contributed by atoms with E-state index in [0.717, 1.165) is 12.0 Å². The lowest BCUT2D eigenvalue weighted by molar-refractivity contribution is -0.149. The quantitative estimate of drug-likeness (QED) is 0.903. The molecule has 1 aromatic heterocycles. The number of hydrogen-bond acceptors (Lipinski definition) is 4. The number of piperidine rings is 1. The second-order valence-corrected chi connectivity index (χ2v) is 6.40. The highest BCUT2D eigenvalue weighted by Gasteiger charge is 2.35. The summed E-state index contributed by atoms with van der Waals surface area (Å²) in [6.45, 7) is 2.43. The number of aryl methyl sites for hydroxylation is 1. The van der Waals surface area contributed by atoms with Gasteiger partial charge in [0, 0.05) is 31.0 Å². The Morgan fingerprint density at radius 2 is 2.08 bits per heavy atom. The van der Waals surface area contributed by atoms with Gasteiger partial charge in [-0.25, -0.2) is 4.98 Å². The topological polar surface area (TPSA) is 83.6 Å². The van der Waals surface area contributed by atoms with Gasteiger partial charge in [-0.05, 0) is 19.8 Å². The molecule has 132 valence electrons. The maximum absolute atomic E-state index is 12.5. The molecular weight excluding hydrogens is 320 g/mol. The Morgan fingerprint density at radius 3 is 2.80 bits per heavy atom. The summed E-state index contributed by atoms with van der Waals surface area (Å²) in [6, 6.07) is 9.40. The zero-order valence-electron chi connectivity index (χ0n) is 14.2. The van der Waals surface area contributed by atoms with Crippen molar-refractivity contribution >= 4 is 11.9 Å². The Balaban J connectivity index is 1.59. The third-order valence-corrected chi connectivity index (χ3v) is 4.79. The smallest absolute Gasteiger partial charge is 0.308 e. The first-order valence-electron chi connectivity index (χ1n) is 8.58. The van der Waals surface area contributed by atoms with Crippen LogP contribution in [-0.4, -0.2) is 39.5 Å². The van der Waals surface area contributed by atoms with Gasteiger partial charge in [-0.1, -0.05) is 30.3 Å². The van der Waals surface area contributed by atoms with Crippen LogP contribution in [0.4, 0.5) is 0 Å². The summed E-state index contributed by atoms with van der Waals surface area (Å²) in [7, 11) is 0. The molecule has 1 N–H and O–H groups in total. The number of aromatic nitrogens is 1. The molecule has 0 unspecified atom stereocenters. The molecule has 2 aromatic rings. The maximum Gasteiger partial charge on any atom is 0.308 e. The second-order valence-electron chi connectivity index (χ2n) is 6.40. The number of amides is 1. The molecule has 25 heavy (non-hydrogen) atoms. The van der Waals surface area contributed by atoms with Crippen molar-refractivity contribution in [3.8, 4) is 11.3 Å². The Labute approximate surface area is 146 Å². The SMILES string of the molecule is C[C@@H]1[C@H](C(=O)O)CCCN1C(=O)CCc1ncc(-c2ccccc2)o1. The lowest BCUT2D eigenvalue weighted by Crippen LogP contribution is -2.49. The summed E-state index contributed by atoms with van der Waals surface area (Å²) in [5, 5.41) is 9.26. The molecule has 1 aliphatic heterocycles. The number of carbonyl (C=O) groups excluding carboxylic acids is 1. The zero-order valence-corrected chi connectivity index (χ0v) is 14.2. The number of nitrogens with zero attached hydrogens (tertiary/aromatic N) is 2. The van der Waals surface area contributed by atoms with Crippen LogP contribution in [0.1, 0.15) is 32.1 Å². The molecular formula is C19H22N2O4. The van der Waals surface area contributed by atoms with E-state index >= 15 is 0 Å². The molecule has 2 atom stereocenters. The molecule has 0 aliphatic carbocycles. The van der Waals surface area contributed by atoms with Crippen LogP contribution >= 0.6 is 0 Å². The fourth-order valence-electron chi connectivity index (χ4n) is 3.34. The first kappa shape index (κ1) is 17.2. The van der Waals surface area contributed by atoms with Crippen molar-refractivity contribution in [3.63, 3.8) is 0 Å². The van der Waals surface area contributed by atoms with Gasteiger partial charge in [0.2, 0.25) is 5.91 Å². The number of carboxylic acids is 1. The fraction of sp³-hybridized carbons (Fsp3) is 0.421. The normalized spacial score (nSPS) is 20.4. The standard InChI is InChI=1S/C19H22N2O4/c1-13-15(19(23)24)8-5-11-21(13)18(22)10-9-17-20-12-16(25-17)14-6-3-2-4-7-14/h2-4,6-7,12-13,15H,5,8-11H2,1H3,(H,23,24)/t13-,15-/m1/s1. The minimum Gasteiger partial charge on any atom is -0.481 e. The predicted octanol–water partition coefficient (Wildman–Crippen LogP) is 2.99. The highest BCUT2D eigenvalue weighted by atomic mass is 16.4. The van der Waals surface area contributed by atoms with E-state index in [4.69, 9.17) is 4.42 Å². The largest absolute Gasteiger partial charge is 0.481 e. The summed E-state index contributed by atoms with van der Waals surface area (Å²) < 4.78 is 5.72. The summed E-state index contributed by atoms with van der Waals surface area (Å²) in [5.41, 5.74) is 0.946. The van der Waals surface area contributed by atoms with Crippen LogP contribution in [-0.2, 0) is 16.0 Å². The Morgan fingerprint density at radius 1 is 1.32 bits per heavy atom. The predicted molar refractivity (Wildman–Crippen MR) is 91.8 cm³/mol. The number of oxazole rings is 1. The molecule has 1 aliphatic rings. The van der Waals surface area contributed by atoms with Crippen LogP contribution in [0.15, 0.2) is 40.9 Å². The molecule has 1 fully saturated rings. The van der Waals surface area contributed by atoms with Crippen LogP contribution in [0.3, 0.4) is 0 Å². The van der Waals surface area contributed by atoms with Gasteiger partial charge < -0.3 is 14.4 Å². The van der Waals surface area contributed by atoms with Gasteiger partial charge in [-0.2, -0.15) is 0 Å². The third kappa shape index (κ3) is 3.90. The minimum atomic E-state index is -0.829. The van der Waals surface area contributed by atoms with E-state index in [1.165, 1.54) is 0 Å². The Hall–Kier alpha value is -2.63. The van der Waals surface area contributed by atoms with E-state index in [1.807, 2.05) is 37.3 Å². The van der Waals surface area contributed by atoms with E-state index in [2.05, 4.69) is 4.98 Å². The summed E-state index contributed by atoms with van der Waals surface area (Å²) in [5.74, 6) is -0.154. The highest BCUT2D eigenvalue weighted by Crippen LogP contribution is 2.25. The van der Waals surface area contributed by atoms with E-state index in [0.29, 0.717) is 31.0 Å². The van der Waals surface area contributed by atoms with Crippen LogP contribution < -0.4 is 0 Å². The van der Waals surface area contributed by atoms with Crippen molar-refractivity contribution in [2.24, 2.45) is 5.92 Å². The molecule has 0 bridgehead atoms. The number of carbonyl (C=O) groups is 2. The first-order valence-corrected chi connectivity index (χ1v) is 8.58. The molecule has 3 rings (SSSR count). The van der Waals surface area contributed by atoms with Crippen LogP contribution in [0, 0.1) is 5.92 Å². The van der Waals surface area contributed by atoms with Gasteiger partial charge in [0.05, 0.1) is 12.1 Å². The summed E-state index contributed by atoms with van der Waals surface area (Å²) in [4.78, 5) is 29.7. The molecule has 1 saturated heterocycles. The highest BCUT2D eigenvalue weighted by molar-refractivity contribution is 5.78. The Bertz CT molecular complexity index is 741. The van der Waals surface area contributed by atoms with Gasteiger partial charge in [-0.3, -0.25) is 9.59 Å². The molecule has 6 heteroatoms. The maximum atomic E-state index is 12.5. The van der Waals surface area contributed by atoms with Crippen LogP contribution in [0.5, 0.6) is 0 Å². The lowest BCUT2D eigenvalue weighted by atomic mass is 9.90. The van der Waals surface area contributed by atoms with Crippen molar-refractivity contribution in [2.45, 2.75) is 38.6 Å². The summed E-state index contributed by atoms with van der Waals surface area (Å²) in [6.07, 6.45) is 3.70. The molecule has 0 saturated carbocycles. The fourth-order valence-corrected chi connectivity index (χ4v) is 3.34. The number of carboxylic acid groups (broad SMARTS) is 1. The van der Waals surface area contributed by atoms with E-state index in [9.17, 15) is 14.7 Å². The van der Waals surface area contributed by atoms with Crippen LogP contribution in [0.25, 0.3) is 11.3 Å². The number of rotatable bonds is 5. The molecule has 6 nitrogen and oxygen atoms in total. The van der Waals surface area contributed by atoms with Gasteiger partial charge in [0.1, 0.15) is 0 Å². The monoisotopic (exact) mass is 342 g/mol. The number of aliphatic carboxylic acids is 1. The van der Waals surface area contributed by atoms with E-state index in [1.54, 1.807) is 11.1 Å². The average Bonchev–Trinajstić information content (AvgIpc) is 3.09. The molecule has 1 amide bonds. The van der Waals surface area contributed by atoms with E-state index < -0.39 is 11.9 Å². The molecule has 1 aromatic carbocycles. The van der Waals surface area contributed by atoms with E-state index in [-0.39, 0.29) is 18.4 Å². The summed E-state index contributed by atoms with van der Waals surface area (Å²) >= 11 is 0. The average molecular weight is 342 g/mol. The van der Waals surface area contributed by atoms with Gasteiger partial charge in [0.25, 0.3) is 0 Å². The third-order valence-electron chi connectivity index (χ3n) is 4.79. The number of benzene rings is 1. The molecule has 0 radical (unpaired) electrons. The second kappa shape index (κ2) is 7.51. The Kier molecular flexibility index (Phi) is 5.16. The first-order chi connectivity index (χ1) is 12.1. The molecule has 2 heterocycles. The number of hydrogen-bond donors (Lipinski definition) is 1. The minimum absolute atomic E-state index is 0.0436.